The smallest absolute Gasteiger partial charge is 0.230 e. The molecular weight excluding hydrogens is 332 g/mol. The van der Waals surface area contributed by atoms with Crippen LogP contribution in [0.25, 0.3) is 0 Å². The van der Waals surface area contributed by atoms with Gasteiger partial charge in [-0.25, -0.2) is 0 Å². The lowest BCUT2D eigenvalue weighted by Gasteiger charge is -2.07. The van der Waals surface area contributed by atoms with Gasteiger partial charge in [-0.2, -0.15) is 0 Å². The van der Waals surface area contributed by atoms with E-state index >= 15 is 0 Å². The molecule has 1 aromatic carbocycles. The number of para-hydroxylation sites is 1. The minimum atomic E-state index is -0.0533. The third kappa shape index (κ3) is 6.70. The van der Waals surface area contributed by atoms with Crippen molar-refractivity contribution in [3.8, 4) is 5.75 Å². The van der Waals surface area contributed by atoms with Gasteiger partial charge in [0.15, 0.2) is 4.34 Å². The number of carbonyl (C=O) groups excluding carboxylic acids is 1. The SMILES string of the molecule is C=CCNc1nnc(SCC(=O)NCCOc2ccccc2)s1. The molecule has 0 saturated heterocycles. The number of nitrogens with one attached hydrogen (secondary N) is 2. The summed E-state index contributed by atoms with van der Waals surface area (Å²) in [4.78, 5) is 11.7. The number of hydrogen-bond acceptors (Lipinski definition) is 7. The Morgan fingerprint density at radius 1 is 1.35 bits per heavy atom. The Morgan fingerprint density at radius 2 is 2.17 bits per heavy atom. The van der Waals surface area contributed by atoms with Crippen LogP contribution >= 0.6 is 23.1 Å². The number of hydrogen-bond donors (Lipinski definition) is 2. The van der Waals surface area contributed by atoms with Crippen LogP contribution in [0.2, 0.25) is 0 Å². The molecule has 0 spiro atoms. The van der Waals surface area contributed by atoms with Crippen molar-refractivity contribution in [3.63, 3.8) is 0 Å². The van der Waals surface area contributed by atoms with E-state index in [0.717, 1.165) is 15.2 Å². The van der Waals surface area contributed by atoms with Crippen molar-refractivity contribution in [2.24, 2.45) is 0 Å². The van der Waals surface area contributed by atoms with Crippen LogP contribution in [0.3, 0.4) is 0 Å². The quantitative estimate of drug-likeness (QED) is 0.389. The lowest BCUT2D eigenvalue weighted by molar-refractivity contribution is -0.118. The number of amides is 1. The summed E-state index contributed by atoms with van der Waals surface area (Å²) in [6, 6.07) is 9.50. The van der Waals surface area contributed by atoms with E-state index in [1.54, 1.807) is 6.08 Å². The summed E-state index contributed by atoms with van der Waals surface area (Å²) in [5.74, 6) is 1.05. The third-order valence-corrected chi connectivity index (χ3v) is 4.58. The first-order valence-corrected chi connectivity index (χ1v) is 8.84. The Labute approximate surface area is 143 Å². The molecule has 8 heteroatoms. The molecule has 1 aromatic heterocycles. The van der Waals surface area contributed by atoms with Crippen LogP contribution in [0.5, 0.6) is 5.75 Å². The van der Waals surface area contributed by atoms with Gasteiger partial charge in [-0.3, -0.25) is 4.79 Å². The molecule has 0 atom stereocenters. The van der Waals surface area contributed by atoms with Gasteiger partial charge in [-0.05, 0) is 12.1 Å². The average Bonchev–Trinajstić information content (AvgIpc) is 3.04. The van der Waals surface area contributed by atoms with Gasteiger partial charge in [0.05, 0.1) is 12.3 Å². The number of ether oxygens (including phenoxy) is 1. The molecule has 0 aliphatic rings. The monoisotopic (exact) mass is 350 g/mol. The molecule has 2 aromatic rings. The highest BCUT2D eigenvalue weighted by atomic mass is 32.2. The maximum Gasteiger partial charge on any atom is 0.230 e. The second-order valence-electron chi connectivity index (χ2n) is 4.34. The van der Waals surface area contributed by atoms with Crippen LogP contribution in [-0.2, 0) is 4.79 Å². The number of nitrogens with zero attached hydrogens (tertiary/aromatic N) is 2. The Hall–Kier alpha value is -2.06. The second-order valence-corrected chi connectivity index (χ2v) is 6.54. The Kier molecular flexibility index (Phi) is 7.41. The molecular formula is C15H18N4O2S2. The number of carbonyl (C=O) groups is 1. The van der Waals surface area contributed by atoms with E-state index in [0.29, 0.717) is 25.4 Å². The Balaban J connectivity index is 1.59. The molecule has 0 fully saturated rings. The molecule has 0 aliphatic heterocycles. The van der Waals surface area contributed by atoms with Crippen LogP contribution in [0, 0.1) is 0 Å². The van der Waals surface area contributed by atoms with Crippen molar-refractivity contribution in [2.75, 3.05) is 30.8 Å². The van der Waals surface area contributed by atoms with E-state index < -0.39 is 0 Å². The first-order valence-electron chi connectivity index (χ1n) is 7.03. The highest BCUT2D eigenvalue weighted by molar-refractivity contribution is 8.01. The first-order chi connectivity index (χ1) is 11.3. The number of rotatable bonds is 10. The van der Waals surface area contributed by atoms with E-state index in [-0.39, 0.29) is 5.91 Å². The molecule has 0 radical (unpaired) electrons. The standard InChI is InChI=1S/C15H18N4O2S2/c1-2-8-17-14-18-19-15(23-14)22-11-13(20)16-9-10-21-12-6-4-3-5-7-12/h2-7H,1,8-11H2,(H,16,20)(H,17,18). The minimum absolute atomic E-state index is 0.0533. The highest BCUT2D eigenvalue weighted by Gasteiger charge is 2.07. The minimum Gasteiger partial charge on any atom is -0.492 e. The van der Waals surface area contributed by atoms with E-state index in [1.807, 2.05) is 30.3 Å². The number of aromatic nitrogens is 2. The molecule has 122 valence electrons. The molecule has 0 saturated carbocycles. The molecule has 0 bridgehead atoms. The van der Waals surface area contributed by atoms with Crippen molar-refractivity contribution >= 4 is 34.1 Å². The first kappa shape index (κ1) is 17.3. The van der Waals surface area contributed by atoms with Gasteiger partial charge in [-0.15, -0.1) is 16.8 Å². The largest absolute Gasteiger partial charge is 0.492 e. The second kappa shape index (κ2) is 9.86. The summed E-state index contributed by atoms with van der Waals surface area (Å²) in [5, 5.41) is 14.6. The molecule has 0 unspecified atom stereocenters. The zero-order chi connectivity index (χ0) is 16.3. The predicted octanol–water partition coefficient (Wildman–Crippen LogP) is 2.42. The zero-order valence-corrected chi connectivity index (χ0v) is 14.2. The number of thioether (sulfide) groups is 1. The van der Waals surface area contributed by atoms with Gasteiger partial charge in [0, 0.05) is 6.54 Å². The van der Waals surface area contributed by atoms with Crippen LogP contribution in [-0.4, -0.2) is 41.6 Å². The molecule has 6 nitrogen and oxygen atoms in total. The van der Waals surface area contributed by atoms with Crippen LogP contribution < -0.4 is 15.4 Å². The molecule has 2 N–H and O–H groups in total. The lowest BCUT2D eigenvalue weighted by atomic mass is 10.3. The fourth-order valence-corrected chi connectivity index (χ4v) is 3.14. The molecule has 1 amide bonds. The van der Waals surface area contributed by atoms with Gasteiger partial charge < -0.3 is 15.4 Å². The topological polar surface area (TPSA) is 76.1 Å². The van der Waals surface area contributed by atoms with Crippen molar-refractivity contribution in [2.45, 2.75) is 4.34 Å². The molecule has 2 rings (SSSR count). The van der Waals surface area contributed by atoms with Crippen LogP contribution in [0.4, 0.5) is 5.13 Å². The summed E-state index contributed by atoms with van der Waals surface area (Å²) in [5.41, 5.74) is 0. The summed E-state index contributed by atoms with van der Waals surface area (Å²) < 4.78 is 6.26. The number of anilines is 1. The average molecular weight is 350 g/mol. The number of benzene rings is 1. The molecule has 23 heavy (non-hydrogen) atoms. The van der Waals surface area contributed by atoms with Crippen LogP contribution in [0.1, 0.15) is 0 Å². The summed E-state index contributed by atoms with van der Waals surface area (Å²) >= 11 is 2.78. The molecule has 0 aliphatic carbocycles. The summed E-state index contributed by atoms with van der Waals surface area (Å²) in [6.07, 6.45) is 1.75. The van der Waals surface area contributed by atoms with Crippen molar-refractivity contribution in [1.82, 2.24) is 15.5 Å². The third-order valence-electron chi connectivity index (χ3n) is 2.57. The van der Waals surface area contributed by atoms with Crippen molar-refractivity contribution < 1.29 is 9.53 Å². The van der Waals surface area contributed by atoms with Gasteiger partial charge in [0.1, 0.15) is 12.4 Å². The predicted molar refractivity (Wildman–Crippen MR) is 94.3 cm³/mol. The summed E-state index contributed by atoms with van der Waals surface area (Å²) in [7, 11) is 0. The van der Waals surface area contributed by atoms with Gasteiger partial charge in [-0.1, -0.05) is 47.4 Å². The maximum absolute atomic E-state index is 11.7. The van der Waals surface area contributed by atoms with Gasteiger partial charge in [0.2, 0.25) is 11.0 Å². The normalized spacial score (nSPS) is 10.1. The van der Waals surface area contributed by atoms with E-state index in [1.165, 1.54) is 23.1 Å². The summed E-state index contributed by atoms with van der Waals surface area (Å²) in [6.45, 7) is 5.17. The Morgan fingerprint density at radius 3 is 2.96 bits per heavy atom. The zero-order valence-electron chi connectivity index (χ0n) is 12.5. The van der Waals surface area contributed by atoms with Crippen molar-refractivity contribution in [3.05, 3.63) is 43.0 Å². The van der Waals surface area contributed by atoms with E-state index in [4.69, 9.17) is 4.74 Å². The van der Waals surface area contributed by atoms with E-state index in [2.05, 4.69) is 27.4 Å². The Bertz CT molecular complexity index is 619. The van der Waals surface area contributed by atoms with Crippen molar-refractivity contribution in [1.29, 1.82) is 0 Å². The van der Waals surface area contributed by atoms with Gasteiger partial charge >= 0.3 is 0 Å². The van der Waals surface area contributed by atoms with Crippen LogP contribution in [0.15, 0.2) is 47.3 Å². The van der Waals surface area contributed by atoms with E-state index in [9.17, 15) is 4.79 Å². The maximum atomic E-state index is 11.7. The highest BCUT2D eigenvalue weighted by Crippen LogP contribution is 2.24. The van der Waals surface area contributed by atoms with Gasteiger partial charge in [0.25, 0.3) is 0 Å². The fraction of sp³-hybridized carbons (Fsp3) is 0.267. The lowest BCUT2D eigenvalue weighted by Crippen LogP contribution is -2.29. The fourth-order valence-electron chi connectivity index (χ4n) is 1.55. The molecule has 1 heterocycles.